The second kappa shape index (κ2) is 64.4. The van der Waals surface area contributed by atoms with E-state index in [1.807, 2.05) is 0 Å². The summed E-state index contributed by atoms with van der Waals surface area (Å²) in [5, 5.41) is 0. The van der Waals surface area contributed by atoms with Crippen molar-refractivity contribution in [3.63, 3.8) is 0 Å². The second-order valence-electron chi connectivity index (χ2n) is 23.1. The summed E-state index contributed by atoms with van der Waals surface area (Å²) in [6.07, 6.45) is 78.3. The maximum Gasteiger partial charge on any atom is 0.306 e. The molecule has 0 bridgehead atoms. The molecular weight excluding hydrogens is 925 g/mol. The molecule has 6 nitrogen and oxygen atoms in total. The lowest BCUT2D eigenvalue weighted by Crippen LogP contribution is -2.30. The molecule has 6 heteroatoms. The quantitative estimate of drug-likeness (QED) is 0.0261. The summed E-state index contributed by atoms with van der Waals surface area (Å²) in [5.41, 5.74) is 0. The van der Waals surface area contributed by atoms with Crippen LogP contribution in [0.5, 0.6) is 0 Å². The third-order valence-corrected chi connectivity index (χ3v) is 15.5. The number of esters is 3. The highest BCUT2D eigenvalue weighted by atomic mass is 16.6. The molecule has 1 atom stereocenters. The monoisotopic (exact) mass is 1050 g/mol. The van der Waals surface area contributed by atoms with E-state index in [9.17, 15) is 14.4 Å². The van der Waals surface area contributed by atoms with Crippen molar-refractivity contribution in [2.45, 2.75) is 386 Å². The molecule has 0 fully saturated rings. The number of allylic oxidation sites excluding steroid dienone is 4. The van der Waals surface area contributed by atoms with Crippen molar-refractivity contribution in [2.24, 2.45) is 0 Å². The van der Waals surface area contributed by atoms with Crippen LogP contribution in [0.25, 0.3) is 0 Å². The van der Waals surface area contributed by atoms with Crippen molar-refractivity contribution < 1.29 is 28.6 Å². The lowest BCUT2D eigenvalue weighted by atomic mass is 10.0. The predicted octanol–water partition coefficient (Wildman–Crippen LogP) is 23.0. The second-order valence-corrected chi connectivity index (χ2v) is 23.1. The van der Waals surface area contributed by atoms with Crippen molar-refractivity contribution >= 4 is 17.9 Å². The molecule has 0 rings (SSSR count). The third-order valence-electron chi connectivity index (χ3n) is 15.5. The summed E-state index contributed by atoms with van der Waals surface area (Å²) in [6.45, 7) is 6.62. The minimum absolute atomic E-state index is 0.0654. The first-order valence-electron chi connectivity index (χ1n) is 33.8. The van der Waals surface area contributed by atoms with E-state index in [0.29, 0.717) is 19.3 Å². The Morgan fingerprint density at radius 2 is 0.480 bits per heavy atom. The average Bonchev–Trinajstić information content (AvgIpc) is 3.41. The molecule has 0 saturated heterocycles. The summed E-state index contributed by atoms with van der Waals surface area (Å²) in [5.74, 6) is -0.852. The van der Waals surface area contributed by atoms with E-state index in [4.69, 9.17) is 14.2 Å². The summed E-state index contributed by atoms with van der Waals surface area (Å²) in [7, 11) is 0. The Balaban J connectivity index is 3.93. The van der Waals surface area contributed by atoms with Gasteiger partial charge in [-0.3, -0.25) is 14.4 Å². The van der Waals surface area contributed by atoms with Gasteiger partial charge in [0.15, 0.2) is 6.10 Å². The van der Waals surface area contributed by atoms with Crippen LogP contribution < -0.4 is 0 Å². The van der Waals surface area contributed by atoms with Crippen molar-refractivity contribution in [3.8, 4) is 0 Å². The van der Waals surface area contributed by atoms with Crippen LogP contribution in [-0.2, 0) is 28.6 Å². The number of carbonyl (C=O) groups excluding carboxylic acids is 3. The van der Waals surface area contributed by atoms with E-state index < -0.39 is 6.10 Å². The lowest BCUT2D eigenvalue weighted by Gasteiger charge is -2.18. The predicted molar refractivity (Wildman–Crippen MR) is 326 cm³/mol. The van der Waals surface area contributed by atoms with Gasteiger partial charge in [-0.2, -0.15) is 0 Å². The van der Waals surface area contributed by atoms with Gasteiger partial charge in [0.1, 0.15) is 13.2 Å². The van der Waals surface area contributed by atoms with Crippen molar-refractivity contribution in [2.75, 3.05) is 13.2 Å². The van der Waals surface area contributed by atoms with Gasteiger partial charge in [0.2, 0.25) is 0 Å². The first-order chi connectivity index (χ1) is 37.0. The number of rotatable bonds is 63. The molecular formula is C69H130O6. The van der Waals surface area contributed by atoms with Gasteiger partial charge in [-0.1, -0.05) is 334 Å². The highest BCUT2D eigenvalue weighted by molar-refractivity contribution is 5.71. The number of unbranched alkanes of at least 4 members (excludes halogenated alkanes) is 48. The van der Waals surface area contributed by atoms with Gasteiger partial charge in [-0.25, -0.2) is 0 Å². The van der Waals surface area contributed by atoms with Crippen molar-refractivity contribution in [1.29, 1.82) is 0 Å². The Labute approximate surface area is 468 Å². The maximum absolute atomic E-state index is 12.8. The zero-order valence-electron chi connectivity index (χ0n) is 50.8. The Kier molecular flexibility index (Phi) is 62.6. The van der Waals surface area contributed by atoms with Gasteiger partial charge in [0.25, 0.3) is 0 Å². The molecule has 0 aliphatic rings. The third kappa shape index (κ3) is 62.6. The van der Waals surface area contributed by atoms with Gasteiger partial charge in [0.05, 0.1) is 0 Å². The molecule has 0 spiro atoms. The van der Waals surface area contributed by atoms with E-state index in [1.54, 1.807) is 0 Å². The first-order valence-corrected chi connectivity index (χ1v) is 33.8. The molecule has 0 saturated carbocycles. The standard InChI is InChI=1S/C69H130O6/c1-4-7-10-13-15-17-19-21-23-25-27-29-31-32-33-34-35-36-38-39-41-43-45-47-49-51-53-56-59-62-68(71)74-65-66(64-73-67(70)61-58-55-12-9-6-3)75-69(72)63-60-57-54-52-50-48-46-44-42-40-37-30-28-26-24-22-20-18-16-14-11-8-5-2/h19,21,25,27,66H,4-18,20,22-24,26,28-65H2,1-3H3/b21-19-,27-25-. The maximum atomic E-state index is 12.8. The Morgan fingerprint density at radius 3 is 0.733 bits per heavy atom. The molecule has 442 valence electrons. The Morgan fingerprint density at radius 1 is 0.267 bits per heavy atom. The molecule has 0 aliphatic heterocycles. The summed E-state index contributed by atoms with van der Waals surface area (Å²) in [4.78, 5) is 38.0. The Hall–Kier alpha value is -2.11. The number of ether oxygens (including phenoxy) is 3. The van der Waals surface area contributed by atoms with Crippen LogP contribution in [0.1, 0.15) is 380 Å². The van der Waals surface area contributed by atoms with Gasteiger partial charge in [-0.15, -0.1) is 0 Å². The zero-order valence-corrected chi connectivity index (χ0v) is 50.8. The summed E-state index contributed by atoms with van der Waals surface area (Å²) >= 11 is 0. The van der Waals surface area contributed by atoms with Crippen LogP contribution in [0.3, 0.4) is 0 Å². The Bertz CT molecular complexity index is 1210. The van der Waals surface area contributed by atoms with E-state index in [1.165, 1.54) is 270 Å². The highest BCUT2D eigenvalue weighted by Crippen LogP contribution is 2.18. The van der Waals surface area contributed by atoms with E-state index >= 15 is 0 Å². The molecule has 0 heterocycles. The van der Waals surface area contributed by atoms with Crippen molar-refractivity contribution in [3.05, 3.63) is 24.3 Å². The number of carbonyl (C=O) groups is 3. The molecule has 0 aliphatic carbocycles. The van der Waals surface area contributed by atoms with E-state index in [-0.39, 0.29) is 31.1 Å². The van der Waals surface area contributed by atoms with Crippen LogP contribution in [0.2, 0.25) is 0 Å². The smallest absolute Gasteiger partial charge is 0.306 e. The van der Waals surface area contributed by atoms with Crippen LogP contribution in [-0.4, -0.2) is 37.2 Å². The molecule has 0 radical (unpaired) electrons. The fraction of sp³-hybridized carbons (Fsp3) is 0.899. The van der Waals surface area contributed by atoms with Gasteiger partial charge in [-0.05, 0) is 51.4 Å². The summed E-state index contributed by atoms with van der Waals surface area (Å²) in [6, 6.07) is 0. The van der Waals surface area contributed by atoms with Crippen LogP contribution in [0.15, 0.2) is 24.3 Å². The minimum Gasteiger partial charge on any atom is -0.462 e. The number of hydrogen-bond donors (Lipinski definition) is 0. The molecule has 1 unspecified atom stereocenters. The van der Waals surface area contributed by atoms with Gasteiger partial charge in [0, 0.05) is 19.3 Å². The largest absolute Gasteiger partial charge is 0.462 e. The van der Waals surface area contributed by atoms with E-state index in [0.717, 1.165) is 70.6 Å². The molecule has 0 N–H and O–H groups in total. The van der Waals surface area contributed by atoms with Crippen LogP contribution >= 0.6 is 0 Å². The molecule has 75 heavy (non-hydrogen) atoms. The fourth-order valence-corrected chi connectivity index (χ4v) is 10.4. The highest BCUT2D eigenvalue weighted by Gasteiger charge is 2.19. The molecule has 0 amide bonds. The van der Waals surface area contributed by atoms with Gasteiger partial charge < -0.3 is 14.2 Å². The summed E-state index contributed by atoms with van der Waals surface area (Å²) < 4.78 is 16.8. The van der Waals surface area contributed by atoms with Crippen LogP contribution in [0.4, 0.5) is 0 Å². The average molecular weight is 1060 g/mol. The number of hydrogen-bond acceptors (Lipinski definition) is 6. The topological polar surface area (TPSA) is 78.9 Å². The van der Waals surface area contributed by atoms with E-state index in [2.05, 4.69) is 45.1 Å². The minimum atomic E-state index is -0.764. The van der Waals surface area contributed by atoms with Crippen LogP contribution in [0, 0.1) is 0 Å². The lowest BCUT2D eigenvalue weighted by molar-refractivity contribution is -0.167. The first kappa shape index (κ1) is 72.9. The molecule has 0 aromatic heterocycles. The molecule has 0 aromatic carbocycles. The SMILES string of the molecule is CCCCCCC/C=C\C/C=C\CCCCCCCCCCCCCCCCCCCC(=O)OCC(COC(=O)CCCCCCC)OC(=O)CCCCCCCCCCCCCCCCCCCCCCCCC. The van der Waals surface area contributed by atoms with Crippen molar-refractivity contribution in [1.82, 2.24) is 0 Å². The normalized spacial score (nSPS) is 12.1. The fourth-order valence-electron chi connectivity index (χ4n) is 10.4. The zero-order chi connectivity index (χ0) is 54.3. The van der Waals surface area contributed by atoms with Gasteiger partial charge >= 0.3 is 17.9 Å². The molecule has 0 aromatic rings.